The summed E-state index contributed by atoms with van der Waals surface area (Å²) in [5.74, 6) is -0.782. The quantitative estimate of drug-likeness (QED) is 0.634. The second kappa shape index (κ2) is 7.15. The zero-order chi connectivity index (χ0) is 14.4. The number of rotatable bonds is 6. The summed E-state index contributed by atoms with van der Waals surface area (Å²) < 4.78 is 5.68. The van der Waals surface area contributed by atoms with Crippen LogP contribution in [-0.4, -0.2) is 35.1 Å². The third-order valence-electron chi connectivity index (χ3n) is 2.27. The summed E-state index contributed by atoms with van der Waals surface area (Å²) in [5, 5.41) is 13.3. The predicted octanol–water partition coefficient (Wildman–Crippen LogP) is 1.91. The first-order chi connectivity index (χ1) is 8.95. The van der Waals surface area contributed by atoms with Crippen LogP contribution in [0.1, 0.15) is 24.2 Å². The maximum Gasteiger partial charge on any atom is 0.364 e. The number of carbonyl (C=O) groups is 1. The summed E-state index contributed by atoms with van der Waals surface area (Å²) in [4.78, 5) is 25.5. The lowest BCUT2D eigenvalue weighted by Crippen LogP contribution is -2.32. The van der Waals surface area contributed by atoms with Crippen molar-refractivity contribution in [2.45, 2.75) is 20.0 Å². The fraction of sp³-hybridized carbons (Fsp3) is 0.455. The number of ether oxygens (including phenoxy) is 1. The fourth-order valence-corrected chi connectivity index (χ4v) is 1.77. The van der Waals surface area contributed by atoms with Crippen molar-refractivity contribution >= 4 is 27.7 Å². The lowest BCUT2D eigenvalue weighted by molar-refractivity contribution is -0.389. The van der Waals surface area contributed by atoms with Crippen molar-refractivity contribution in [1.82, 2.24) is 10.3 Å². The number of amides is 1. The molecular weight excluding hydrogens is 318 g/mol. The molecule has 0 aliphatic carbocycles. The standard InChI is InChI=1S/C11H14BrN3O4/c1-3-19-7(2)5-14-11(16)8-4-10(15(17)18)13-6-9(8)12/h4,6-7H,3,5H2,1-2H3,(H,14,16). The van der Waals surface area contributed by atoms with Gasteiger partial charge < -0.3 is 20.2 Å². The number of aromatic nitrogens is 1. The summed E-state index contributed by atoms with van der Waals surface area (Å²) in [5.41, 5.74) is 0.172. The maximum atomic E-state index is 11.9. The zero-order valence-corrected chi connectivity index (χ0v) is 12.1. The Hall–Kier alpha value is -1.54. The molecule has 1 heterocycles. The van der Waals surface area contributed by atoms with E-state index >= 15 is 0 Å². The van der Waals surface area contributed by atoms with E-state index in [1.807, 2.05) is 13.8 Å². The smallest absolute Gasteiger partial charge is 0.364 e. The van der Waals surface area contributed by atoms with Gasteiger partial charge in [0.05, 0.1) is 16.1 Å². The van der Waals surface area contributed by atoms with E-state index in [1.165, 1.54) is 6.20 Å². The van der Waals surface area contributed by atoms with Gasteiger partial charge in [-0.3, -0.25) is 4.79 Å². The van der Waals surface area contributed by atoms with E-state index in [9.17, 15) is 14.9 Å². The van der Waals surface area contributed by atoms with E-state index in [0.717, 1.165) is 6.07 Å². The summed E-state index contributed by atoms with van der Waals surface area (Å²) >= 11 is 3.14. The van der Waals surface area contributed by atoms with Crippen molar-refractivity contribution in [2.24, 2.45) is 0 Å². The summed E-state index contributed by atoms with van der Waals surface area (Å²) in [7, 11) is 0. The number of pyridine rings is 1. The van der Waals surface area contributed by atoms with E-state index in [1.54, 1.807) is 0 Å². The average molecular weight is 332 g/mol. The lowest BCUT2D eigenvalue weighted by atomic mass is 10.2. The van der Waals surface area contributed by atoms with E-state index < -0.39 is 10.8 Å². The Balaban J connectivity index is 2.76. The molecule has 1 amide bonds. The Bertz CT molecular complexity index is 481. The van der Waals surface area contributed by atoms with Crippen LogP contribution in [0.15, 0.2) is 16.7 Å². The minimum atomic E-state index is -0.647. The number of hydrogen-bond acceptors (Lipinski definition) is 5. The SMILES string of the molecule is CCOC(C)CNC(=O)c1cc([N+](=O)[O-])ncc1Br. The highest BCUT2D eigenvalue weighted by atomic mass is 79.9. The van der Waals surface area contributed by atoms with Crippen LogP contribution in [0, 0.1) is 10.1 Å². The van der Waals surface area contributed by atoms with Crippen molar-refractivity contribution in [1.29, 1.82) is 0 Å². The van der Waals surface area contributed by atoms with Gasteiger partial charge in [0.1, 0.15) is 0 Å². The number of nitrogens with one attached hydrogen (secondary N) is 1. The van der Waals surface area contributed by atoms with Crippen LogP contribution in [0.25, 0.3) is 0 Å². The van der Waals surface area contributed by atoms with E-state index in [-0.39, 0.29) is 17.5 Å². The van der Waals surface area contributed by atoms with Gasteiger partial charge in [0.15, 0.2) is 6.20 Å². The summed E-state index contributed by atoms with van der Waals surface area (Å²) in [6, 6.07) is 1.13. The maximum absolute atomic E-state index is 11.9. The molecule has 1 unspecified atom stereocenters. The molecule has 104 valence electrons. The molecule has 1 rings (SSSR count). The zero-order valence-electron chi connectivity index (χ0n) is 10.6. The van der Waals surface area contributed by atoms with Crippen LogP contribution in [0.4, 0.5) is 5.82 Å². The largest absolute Gasteiger partial charge is 0.377 e. The topological polar surface area (TPSA) is 94.4 Å². The number of nitro groups is 1. The molecule has 0 saturated carbocycles. The van der Waals surface area contributed by atoms with Gasteiger partial charge in [-0.2, -0.15) is 0 Å². The Labute approximate surface area is 118 Å². The van der Waals surface area contributed by atoms with E-state index in [4.69, 9.17) is 4.74 Å². The van der Waals surface area contributed by atoms with Crippen molar-refractivity contribution in [3.05, 3.63) is 32.4 Å². The first kappa shape index (κ1) is 15.5. The molecule has 8 heteroatoms. The highest BCUT2D eigenvalue weighted by molar-refractivity contribution is 9.10. The van der Waals surface area contributed by atoms with Gasteiger partial charge in [0.25, 0.3) is 5.91 Å². The second-order valence-corrected chi connectivity index (χ2v) is 4.61. The van der Waals surface area contributed by atoms with Crippen LogP contribution in [0.5, 0.6) is 0 Å². The third kappa shape index (κ3) is 4.56. The lowest BCUT2D eigenvalue weighted by Gasteiger charge is -2.12. The van der Waals surface area contributed by atoms with Gasteiger partial charge in [-0.25, -0.2) is 0 Å². The molecule has 0 saturated heterocycles. The number of halogens is 1. The van der Waals surface area contributed by atoms with E-state index in [2.05, 4.69) is 26.2 Å². The minimum Gasteiger partial charge on any atom is -0.377 e. The fourth-order valence-electron chi connectivity index (χ4n) is 1.38. The molecule has 19 heavy (non-hydrogen) atoms. The molecule has 0 aliphatic heterocycles. The summed E-state index contributed by atoms with van der Waals surface area (Å²) in [6.07, 6.45) is 1.11. The highest BCUT2D eigenvalue weighted by Gasteiger charge is 2.17. The monoisotopic (exact) mass is 331 g/mol. The predicted molar refractivity (Wildman–Crippen MR) is 72.0 cm³/mol. The molecule has 0 aromatic carbocycles. The van der Waals surface area contributed by atoms with Crippen molar-refractivity contribution < 1.29 is 14.5 Å². The van der Waals surface area contributed by atoms with Crippen molar-refractivity contribution in [3.8, 4) is 0 Å². The molecule has 1 aromatic heterocycles. The number of carbonyl (C=O) groups excluding carboxylic acids is 1. The number of hydrogen-bond donors (Lipinski definition) is 1. The van der Waals surface area contributed by atoms with Gasteiger partial charge >= 0.3 is 5.82 Å². The van der Waals surface area contributed by atoms with Gasteiger partial charge in [0, 0.05) is 19.2 Å². The molecule has 0 radical (unpaired) electrons. The van der Waals surface area contributed by atoms with Gasteiger partial charge in [-0.1, -0.05) is 0 Å². The van der Waals surface area contributed by atoms with Gasteiger partial charge in [-0.05, 0) is 39.7 Å². The molecule has 1 aromatic rings. The molecule has 0 aliphatic rings. The first-order valence-electron chi connectivity index (χ1n) is 5.65. The molecular formula is C11H14BrN3O4. The Morgan fingerprint density at radius 3 is 2.95 bits per heavy atom. The van der Waals surface area contributed by atoms with Crippen LogP contribution >= 0.6 is 15.9 Å². The Kier molecular flexibility index (Phi) is 5.84. The van der Waals surface area contributed by atoms with Gasteiger partial charge in [0.2, 0.25) is 0 Å². The molecule has 7 nitrogen and oxygen atoms in total. The molecule has 1 atom stereocenters. The van der Waals surface area contributed by atoms with E-state index in [0.29, 0.717) is 17.6 Å². The Morgan fingerprint density at radius 1 is 1.68 bits per heavy atom. The second-order valence-electron chi connectivity index (χ2n) is 3.76. The van der Waals surface area contributed by atoms with Crippen molar-refractivity contribution in [3.63, 3.8) is 0 Å². The van der Waals surface area contributed by atoms with Crippen LogP contribution < -0.4 is 5.32 Å². The summed E-state index contributed by atoms with van der Waals surface area (Å²) in [6.45, 7) is 4.58. The highest BCUT2D eigenvalue weighted by Crippen LogP contribution is 2.19. The molecule has 1 N–H and O–H groups in total. The Morgan fingerprint density at radius 2 is 2.37 bits per heavy atom. The van der Waals surface area contributed by atoms with Crippen molar-refractivity contribution in [2.75, 3.05) is 13.2 Å². The first-order valence-corrected chi connectivity index (χ1v) is 6.44. The van der Waals surface area contributed by atoms with Crippen LogP contribution in [-0.2, 0) is 4.74 Å². The molecule has 0 bridgehead atoms. The van der Waals surface area contributed by atoms with Crippen LogP contribution in [0.3, 0.4) is 0 Å². The molecule has 0 fully saturated rings. The average Bonchev–Trinajstić information content (AvgIpc) is 2.36. The molecule has 0 spiro atoms. The minimum absolute atomic E-state index is 0.121. The van der Waals surface area contributed by atoms with Gasteiger partial charge in [-0.15, -0.1) is 0 Å². The number of nitrogens with zero attached hydrogens (tertiary/aromatic N) is 2. The normalized spacial score (nSPS) is 11.9. The third-order valence-corrected chi connectivity index (χ3v) is 2.91. The van der Waals surface area contributed by atoms with Crippen LogP contribution in [0.2, 0.25) is 0 Å².